The second-order valence-corrected chi connectivity index (χ2v) is 2.49. The lowest BCUT2D eigenvalue weighted by Gasteiger charge is -2.10. The first kappa shape index (κ1) is 9.92. The smallest absolute Gasteiger partial charge is 0.0780 e. The number of rotatable bonds is 6. The molecule has 2 nitrogen and oxygen atoms in total. The summed E-state index contributed by atoms with van der Waals surface area (Å²) in [6, 6.07) is 0. The fourth-order valence-corrected chi connectivity index (χ4v) is 0.712. The van der Waals surface area contributed by atoms with Crippen molar-refractivity contribution in [3.8, 4) is 0 Å². The van der Waals surface area contributed by atoms with E-state index in [1.165, 1.54) is 6.42 Å². The summed E-state index contributed by atoms with van der Waals surface area (Å²) in [5.74, 6) is 0. The van der Waals surface area contributed by atoms with Crippen LogP contribution >= 0.6 is 0 Å². The Morgan fingerprint density at radius 3 is 2.60 bits per heavy atom. The highest BCUT2D eigenvalue weighted by Crippen LogP contribution is 1.94. The minimum absolute atomic E-state index is 0.247. The van der Waals surface area contributed by atoms with Gasteiger partial charge in [0.1, 0.15) is 0 Å². The molecule has 0 aliphatic rings. The van der Waals surface area contributed by atoms with Crippen LogP contribution in [0.3, 0.4) is 0 Å². The van der Waals surface area contributed by atoms with Gasteiger partial charge in [0.05, 0.1) is 12.7 Å². The van der Waals surface area contributed by atoms with Crippen molar-refractivity contribution in [1.29, 1.82) is 0 Å². The number of hydrogen-bond donors (Lipinski definition) is 0. The van der Waals surface area contributed by atoms with Gasteiger partial charge in [-0.3, -0.25) is 0 Å². The van der Waals surface area contributed by atoms with Crippen LogP contribution in [-0.2, 0) is 9.47 Å². The maximum absolute atomic E-state index is 5.40. The van der Waals surface area contributed by atoms with Crippen LogP contribution < -0.4 is 0 Å². The van der Waals surface area contributed by atoms with Crippen LogP contribution in [0, 0.1) is 0 Å². The summed E-state index contributed by atoms with van der Waals surface area (Å²) in [4.78, 5) is 0. The number of ether oxygens (including phenoxy) is 2. The first-order valence-corrected chi connectivity index (χ1v) is 3.91. The van der Waals surface area contributed by atoms with Crippen LogP contribution in [0.15, 0.2) is 0 Å². The van der Waals surface area contributed by atoms with Gasteiger partial charge in [-0.05, 0) is 13.3 Å². The SMILES string of the molecule is CCCCO[C@H](C)COC. The molecular weight excluding hydrogens is 128 g/mol. The van der Waals surface area contributed by atoms with Gasteiger partial charge in [-0.1, -0.05) is 13.3 Å². The zero-order valence-electron chi connectivity index (χ0n) is 7.22. The van der Waals surface area contributed by atoms with E-state index in [0.29, 0.717) is 6.61 Å². The minimum atomic E-state index is 0.247. The van der Waals surface area contributed by atoms with E-state index < -0.39 is 0 Å². The molecule has 1 atom stereocenters. The van der Waals surface area contributed by atoms with E-state index in [0.717, 1.165) is 13.0 Å². The summed E-state index contributed by atoms with van der Waals surface area (Å²) in [5.41, 5.74) is 0. The number of methoxy groups -OCH3 is 1. The van der Waals surface area contributed by atoms with E-state index in [1.807, 2.05) is 6.92 Å². The van der Waals surface area contributed by atoms with Gasteiger partial charge < -0.3 is 9.47 Å². The summed E-state index contributed by atoms with van der Waals surface area (Å²) in [6.07, 6.45) is 2.59. The van der Waals surface area contributed by atoms with Crippen molar-refractivity contribution in [2.45, 2.75) is 32.8 Å². The van der Waals surface area contributed by atoms with E-state index in [2.05, 4.69) is 6.92 Å². The number of hydrogen-bond acceptors (Lipinski definition) is 2. The molecule has 0 saturated heterocycles. The van der Waals surface area contributed by atoms with Crippen molar-refractivity contribution in [3.05, 3.63) is 0 Å². The minimum Gasteiger partial charge on any atom is -0.382 e. The fourth-order valence-electron chi connectivity index (χ4n) is 0.712. The molecule has 0 amide bonds. The lowest BCUT2D eigenvalue weighted by atomic mass is 10.3. The summed E-state index contributed by atoms with van der Waals surface area (Å²) in [6.45, 7) is 5.74. The van der Waals surface area contributed by atoms with E-state index >= 15 is 0 Å². The van der Waals surface area contributed by atoms with Gasteiger partial charge in [0, 0.05) is 13.7 Å². The lowest BCUT2D eigenvalue weighted by molar-refractivity contribution is 0.00811. The molecule has 0 bridgehead atoms. The van der Waals surface area contributed by atoms with Crippen LogP contribution in [0.1, 0.15) is 26.7 Å². The Hall–Kier alpha value is -0.0800. The molecule has 0 N–H and O–H groups in total. The molecule has 0 saturated carbocycles. The van der Waals surface area contributed by atoms with Crippen LogP contribution in [-0.4, -0.2) is 26.4 Å². The lowest BCUT2D eigenvalue weighted by Crippen LogP contribution is -2.15. The summed E-state index contributed by atoms with van der Waals surface area (Å²) in [5, 5.41) is 0. The Labute approximate surface area is 63.5 Å². The van der Waals surface area contributed by atoms with Gasteiger partial charge in [-0.25, -0.2) is 0 Å². The van der Waals surface area contributed by atoms with Crippen molar-refractivity contribution in [2.75, 3.05) is 20.3 Å². The maximum atomic E-state index is 5.40. The maximum Gasteiger partial charge on any atom is 0.0780 e. The van der Waals surface area contributed by atoms with E-state index in [1.54, 1.807) is 7.11 Å². The van der Waals surface area contributed by atoms with Crippen LogP contribution in [0.25, 0.3) is 0 Å². The first-order chi connectivity index (χ1) is 4.81. The van der Waals surface area contributed by atoms with Crippen molar-refractivity contribution < 1.29 is 9.47 Å². The quantitative estimate of drug-likeness (QED) is 0.532. The van der Waals surface area contributed by atoms with Crippen molar-refractivity contribution in [1.82, 2.24) is 0 Å². The summed E-state index contributed by atoms with van der Waals surface area (Å²) >= 11 is 0. The Balaban J connectivity index is 2.97. The Bertz CT molecular complexity index is 64.3. The topological polar surface area (TPSA) is 18.5 Å². The molecule has 0 aromatic heterocycles. The molecule has 0 aromatic carbocycles. The normalized spacial score (nSPS) is 13.5. The molecule has 0 aliphatic heterocycles. The third-order valence-electron chi connectivity index (χ3n) is 1.30. The standard InChI is InChI=1S/C8H18O2/c1-4-5-6-10-8(2)7-9-3/h8H,4-7H2,1-3H3/t8-/m1/s1. The third kappa shape index (κ3) is 6.05. The van der Waals surface area contributed by atoms with Crippen molar-refractivity contribution in [3.63, 3.8) is 0 Å². The van der Waals surface area contributed by atoms with Crippen LogP contribution in [0.5, 0.6) is 0 Å². The van der Waals surface area contributed by atoms with E-state index in [-0.39, 0.29) is 6.10 Å². The van der Waals surface area contributed by atoms with Gasteiger partial charge in [0.15, 0.2) is 0 Å². The molecule has 0 spiro atoms. The Morgan fingerprint density at radius 1 is 1.40 bits per heavy atom. The first-order valence-electron chi connectivity index (χ1n) is 3.91. The monoisotopic (exact) mass is 146 g/mol. The van der Waals surface area contributed by atoms with E-state index in [9.17, 15) is 0 Å². The second-order valence-electron chi connectivity index (χ2n) is 2.49. The molecule has 0 radical (unpaired) electrons. The van der Waals surface area contributed by atoms with E-state index in [4.69, 9.17) is 9.47 Å². The summed E-state index contributed by atoms with van der Waals surface area (Å²) in [7, 11) is 1.69. The van der Waals surface area contributed by atoms with Crippen LogP contribution in [0.4, 0.5) is 0 Å². The Morgan fingerprint density at radius 2 is 2.10 bits per heavy atom. The number of unbranched alkanes of at least 4 members (excludes halogenated alkanes) is 1. The third-order valence-corrected chi connectivity index (χ3v) is 1.30. The molecule has 0 rings (SSSR count). The molecule has 10 heavy (non-hydrogen) atoms. The molecule has 0 aliphatic carbocycles. The fraction of sp³-hybridized carbons (Fsp3) is 1.00. The van der Waals surface area contributed by atoms with Gasteiger partial charge in [-0.15, -0.1) is 0 Å². The van der Waals surface area contributed by atoms with Crippen LogP contribution in [0.2, 0.25) is 0 Å². The van der Waals surface area contributed by atoms with Gasteiger partial charge >= 0.3 is 0 Å². The molecular formula is C8H18O2. The van der Waals surface area contributed by atoms with Gasteiger partial charge in [0.2, 0.25) is 0 Å². The van der Waals surface area contributed by atoms with Gasteiger partial charge in [0.25, 0.3) is 0 Å². The van der Waals surface area contributed by atoms with Crippen molar-refractivity contribution >= 4 is 0 Å². The average molecular weight is 146 g/mol. The predicted octanol–water partition coefficient (Wildman–Crippen LogP) is 1.84. The average Bonchev–Trinajstić information content (AvgIpc) is 1.89. The molecule has 0 aromatic rings. The molecule has 0 heterocycles. The van der Waals surface area contributed by atoms with Gasteiger partial charge in [-0.2, -0.15) is 0 Å². The predicted molar refractivity (Wildman–Crippen MR) is 42.2 cm³/mol. The van der Waals surface area contributed by atoms with Crippen molar-refractivity contribution in [2.24, 2.45) is 0 Å². The summed E-state index contributed by atoms with van der Waals surface area (Å²) < 4.78 is 10.3. The highest BCUT2D eigenvalue weighted by atomic mass is 16.5. The zero-order chi connectivity index (χ0) is 7.82. The molecule has 0 fully saturated rings. The largest absolute Gasteiger partial charge is 0.382 e. The highest BCUT2D eigenvalue weighted by Gasteiger charge is 1.98. The second kappa shape index (κ2) is 7.03. The molecule has 2 heteroatoms. The highest BCUT2D eigenvalue weighted by molar-refractivity contribution is 4.45. The Kier molecular flexibility index (Phi) is 6.98. The molecule has 0 unspecified atom stereocenters. The molecule has 62 valence electrons. The zero-order valence-corrected chi connectivity index (χ0v) is 7.22.